The van der Waals surface area contributed by atoms with Gasteiger partial charge in [0.1, 0.15) is 5.78 Å². The summed E-state index contributed by atoms with van der Waals surface area (Å²) < 4.78 is 10.1. The lowest BCUT2D eigenvalue weighted by molar-refractivity contribution is -0.119. The van der Waals surface area contributed by atoms with Crippen molar-refractivity contribution in [2.75, 3.05) is 26.1 Å². The third kappa shape index (κ3) is 3.67. The molecule has 1 rings (SSSR count). The zero-order chi connectivity index (χ0) is 12.8. The maximum Gasteiger partial charge on any atom is 0.409 e. The van der Waals surface area contributed by atoms with Crippen LogP contribution in [-0.2, 0) is 14.3 Å². The van der Waals surface area contributed by atoms with Gasteiger partial charge in [0.2, 0.25) is 0 Å². The largest absolute Gasteiger partial charge is 0.453 e. The normalized spacial score (nSPS) is 24.5. The molecular weight excluding hydrogens is 290 g/mol. The van der Waals surface area contributed by atoms with Crippen molar-refractivity contribution in [2.45, 2.75) is 31.4 Å². The third-order valence-electron chi connectivity index (χ3n) is 3.01. The standard InChI is InChI=1S/C11H18BrNO4/c1-16-10-4-3-5-13(11(15)17-2)9(10)6-8(14)7-12/h9-10H,3-7H2,1-2H3/t9-,10+/m1/s1. The summed E-state index contributed by atoms with van der Waals surface area (Å²) in [6.07, 6.45) is 1.56. The van der Waals surface area contributed by atoms with Gasteiger partial charge in [-0.15, -0.1) is 0 Å². The molecular formula is C11H18BrNO4. The number of ketones is 1. The van der Waals surface area contributed by atoms with E-state index >= 15 is 0 Å². The number of nitrogens with zero attached hydrogens (tertiary/aromatic N) is 1. The lowest BCUT2D eigenvalue weighted by atomic mass is 9.95. The fourth-order valence-corrected chi connectivity index (χ4v) is 2.40. The molecule has 0 spiro atoms. The molecule has 17 heavy (non-hydrogen) atoms. The predicted octanol–water partition coefficient (Wildman–Crippen LogP) is 1.59. The van der Waals surface area contributed by atoms with Gasteiger partial charge in [-0.1, -0.05) is 15.9 Å². The van der Waals surface area contributed by atoms with Crippen molar-refractivity contribution in [3.8, 4) is 0 Å². The molecule has 2 atom stereocenters. The Bertz CT molecular complexity index is 285. The second kappa shape index (κ2) is 6.96. The summed E-state index contributed by atoms with van der Waals surface area (Å²) in [5.41, 5.74) is 0. The Kier molecular flexibility index (Phi) is 5.91. The molecule has 0 radical (unpaired) electrons. The van der Waals surface area contributed by atoms with Crippen molar-refractivity contribution in [2.24, 2.45) is 0 Å². The first-order valence-corrected chi connectivity index (χ1v) is 6.71. The highest BCUT2D eigenvalue weighted by atomic mass is 79.9. The fraction of sp³-hybridized carbons (Fsp3) is 0.818. The summed E-state index contributed by atoms with van der Waals surface area (Å²) in [5.74, 6) is 0.0628. The summed E-state index contributed by atoms with van der Waals surface area (Å²) in [7, 11) is 2.96. The quantitative estimate of drug-likeness (QED) is 0.740. The average molecular weight is 308 g/mol. The van der Waals surface area contributed by atoms with Gasteiger partial charge in [0.25, 0.3) is 0 Å². The number of carbonyl (C=O) groups excluding carboxylic acids is 2. The number of halogens is 1. The highest BCUT2D eigenvalue weighted by Gasteiger charge is 2.36. The van der Waals surface area contributed by atoms with Crippen LogP contribution in [0.1, 0.15) is 19.3 Å². The van der Waals surface area contributed by atoms with E-state index in [4.69, 9.17) is 9.47 Å². The molecule has 1 fully saturated rings. The molecule has 1 heterocycles. The summed E-state index contributed by atoms with van der Waals surface area (Å²) in [4.78, 5) is 24.7. The average Bonchev–Trinajstić information content (AvgIpc) is 2.37. The number of ether oxygens (including phenoxy) is 2. The number of hydrogen-bond donors (Lipinski definition) is 0. The molecule has 0 saturated carbocycles. The van der Waals surface area contributed by atoms with E-state index in [2.05, 4.69) is 15.9 Å². The first-order valence-electron chi connectivity index (χ1n) is 5.59. The minimum atomic E-state index is -0.390. The molecule has 0 aromatic carbocycles. The van der Waals surface area contributed by atoms with Crippen molar-refractivity contribution >= 4 is 27.8 Å². The first kappa shape index (κ1) is 14.4. The van der Waals surface area contributed by atoms with Gasteiger partial charge in [-0.3, -0.25) is 4.79 Å². The van der Waals surface area contributed by atoms with Gasteiger partial charge in [0.05, 0.1) is 24.6 Å². The van der Waals surface area contributed by atoms with Crippen LogP contribution in [0.4, 0.5) is 4.79 Å². The maximum atomic E-state index is 11.6. The van der Waals surface area contributed by atoms with Crippen molar-refractivity contribution in [3.63, 3.8) is 0 Å². The summed E-state index contributed by atoms with van der Waals surface area (Å²) >= 11 is 3.13. The van der Waals surface area contributed by atoms with Gasteiger partial charge in [-0.25, -0.2) is 4.79 Å². The number of piperidine rings is 1. The van der Waals surface area contributed by atoms with Crippen LogP contribution < -0.4 is 0 Å². The number of Topliss-reactive ketones (excluding diaryl/α,β-unsaturated/α-hetero) is 1. The number of likely N-dealkylation sites (tertiary alicyclic amines) is 1. The van der Waals surface area contributed by atoms with Crippen molar-refractivity contribution in [3.05, 3.63) is 0 Å². The lowest BCUT2D eigenvalue weighted by Gasteiger charge is -2.39. The highest BCUT2D eigenvalue weighted by molar-refractivity contribution is 9.09. The molecule has 0 aromatic heterocycles. The van der Waals surface area contributed by atoms with Crippen LogP contribution in [0.2, 0.25) is 0 Å². The summed E-state index contributed by atoms with van der Waals surface area (Å²) in [6.45, 7) is 0.618. The number of carbonyl (C=O) groups is 2. The molecule has 1 aliphatic rings. The first-order chi connectivity index (χ1) is 8.13. The number of methoxy groups -OCH3 is 2. The molecule has 0 N–H and O–H groups in total. The molecule has 0 aromatic rings. The molecule has 5 nitrogen and oxygen atoms in total. The van der Waals surface area contributed by atoms with Crippen LogP contribution in [0.25, 0.3) is 0 Å². The maximum absolute atomic E-state index is 11.6. The molecule has 1 amide bonds. The molecule has 1 aliphatic heterocycles. The predicted molar refractivity (Wildman–Crippen MR) is 66.3 cm³/mol. The number of amides is 1. The van der Waals surface area contributed by atoms with Crippen LogP contribution in [0.15, 0.2) is 0 Å². The SMILES string of the molecule is COC(=O)N1CCC[C@H](OC)[C@H]1CC(=O)CBr. The Morgan fingerprint density at radius 1 is 1.41 bits per heavy atom. The van der Waals surface area contributed by atoms with Gasteiger partial charge in [-0.05, 0) is 12.8 Å². The zero-order valence-electron chi connectivity index (χ0n) is 10.1. The molecule has 6 heteroatoms. The van der Waals surface area contributed by atoms with Crippen molar-refractivity contribution < 1.29 is 19.1 Å². The number of alkyl halides is 1. The third-order valence-corrected chi connectivity index (χ3v) is 3.64. The highest BCUT2D eigenvalue weighted by Crippen LogP contribution is 2.23. The van der Waals surface area contributed by atoms with Gasteiger partial charge in [0, 0.05) is 20.1 Å². The molecule has 0 aliphatic carbocycles. The number of hydrogen-bond acceptors (Lipinski definition) is 4. The zero-order valence-corrected chi connectivity index (χ0v) is 11.7. The van der Waals surface area contributed by atoms with Crippen LogP contribution in [-0.4, -0.2) is 55.0 Å². The van der Waals surface area contributed by atoms with Crippen LogP contribution >= 0.6 is 15.9 Å². The van der Waals surface area contributed by atoms with Crippen LogP contribution in [0, 0.1) is 0 Å². The van der Waals surface area contributed by atoms with E-state index in [1.165, 1.54) is 7.11 Å². The van der Waals surface area contributed by atoms with E-state index < -0.39 is 0 Å². The van der Waals surface area contributed by atoms with Crippen molar-refractivity contribution in [1.82, 2.24) is 4.90 Å². The van der Waals surface area contributed by atoms with Crippen LogP contribution in [0.3, 0.4) is 0 Å². The Hall–Kier alpha value is -0.620. The van der Waals surface area contributed by atoms with Gasteiger partial charge in [-0.2, -0.15) is 0 Å². The van der Waals surface area contributed by atoms with Crippen molar-refractivity contribution in [1.29, 1.82) is 0 Å². The molecule has 0 unspecified atom stereocenters. The lowest BCUT2D eigenvalue weighted by Crippen LogP contribution is -2.52. The molecule has 0 bridgehead atoms. The Balaban J connectivity index is 2.77. The van der Waals surface area contributed by atoms with E-state index in [0.717, 1.165) is 12.8 Å². The van der Waals surface area contributed by atoms with E-state index in [-0.39, 0.29) is 24.0 Å². The Morgan fingerprint density at radius 2 is 2.12 bits per heavy atom. The monoisotopic (exact) mass is 307 g/mol. The minimum absolute atomic E-state index is 0.0628. The second-order valence-electron chi connectivity index (χ2n) is 4.02. The minimum Gasteiger partial charge on any atom is -0.453 e. The van der Waals surface area contributed by atoms with E-state index in [1.54, 1.807) is 12.0 Å². The van der Waals surface area contributed by atoms with E-state index in [1.807, 2.05) is 0 Å². The summed E-state index contributed by atoms with van der Waals surface area (Å²) in [6, 6.07) is -0.216. The molecule has 1 saturated heterocycles. The fourth-order valence-electron chi connectivity index (χ4n) is 2.17. The van der Waals surface area contributed by atoms with Gasteiger partial charge >= 0.3 is 6.09 Å². The topological polar surface area (TPSA) is 55.8 Å². The van der Waals surface area contributed by atoms with E-state index in [0.29, 0.717) is 18.3 Å². The Labute approximate surface area is 110 Å². The van der Waals surface area contributed by atoms with Gasteiger partial charge < -0.3 is 14.4 Å². The van der Waals surface area contributed by atoms with Crippen LogP contribution in [0.5, 0.6) is 0 Å². The smallest absolute Gasteiger partial charge is 0.409 e. The number of rotatable bonds is 4. The van der Waals surface area contributed by atoms with E-state index in [9.17, 15) is 9.59 Å². The Morgan fingerprint density at radius 3 is 2.65 bits per heavy atom. The summed E-state index contributed by atoms with van der Waals surface area (Å²) in [5, 5.41) is 0.301. The van der Waals surface area contributed by atoms with Gasteiger partial charge in [0.15, 0.2) is 0 Å². The second-order valence-corrected chi connectivity index (χ2v) is 4.58. The molecule has 98 valence electrons.